The van der Waals surface area contributed by atoms with Gasteiger partial charge in [0.05, 0.1) is 18.3 Å². The fraction of sp³-hybridized carbons (Fsp3) is 0.750. The Kier molecular flexibility index (Phi) is 5.21. The van der Waals surface area contributed by atoms with E-state index in [9.17, 15) is 9.90 Å². The van der Waals surface area contributed by atoms with Crippen molar-refractivity contribution in [1.29, 1.82) is 0 Å². The summed E-state index contributed by atoms with van der Waals surface area (Å²) >= 11 is 0. The number of hydrogen-bond donors (Lipinski definition) is 1. The SMILES string of the molecule is CC[C@@]1(O)CC[C@H]2[C@H](CC[C@@H]3[C@@H]2CC[C@]2(C)[C@@H](C(=O)Cn4cc5ncccc5n4)CC[C@@H]32)C1. The molecule has 0 saturated heterocycles. The molecular weight excluding hydrogens is 410 g/mol. The highest BCUT2D eigenvalue weighted by atomic mass is 16.3. The van der Waals surface area contributed by atoms with Crippen molar-refractivity contribution < 1.29 is 9.90 Å². The van der Waals surface area contributed by atoms with Crippen molar-refractivity contribution in [3.63, 3.8) is 0 Å². The highest BCUT2D eigenvalue weighted by Gasteiger charge is 2.58. The summed E-state index contributed by atoms with van der Waals surface area (Å²) in [5.41, 5.74) is 1.46. The van der Waals surface area contributed by atoms with E-state index in [-0.39, 0.29) is 11.3 Å². The van der Waals surface area contributed by atoms with Crippen LogP contribution in [0.15, 0.2) is 24.5 Å². The summed E-state index contributed by atoms with van der Waals surface area (Å²) in [5, 5.41) is 15.5. The molecule has 6 rings (SSSR count). The maximum absolute atomic E-state index is 13.5. The number of ketones is 1. The largest absolute Gasteiger partial charge is 0.390 e. The van der Waals surface area contributed by atoms with Crippen LogP contribution in [0, 0.1) is 40.9 Å². The summed E-state index contributed by atoms with van der Waals surface area (Å²) in [4.78, 5) is 17.9. The predicted molar refractivity (Wildman–Crippen MR) is 128 cm³/mol. The Balaban J connectivity index is 1.17. The number of nitrogens with zero attached hydrogens (tertiary/aromatic N) is 3. The molecule has 1 N–H and O–H groups in total. The summed E-state index contributed by atoms with van der Waals surface area (Å²) in [6.45, 7) is 4.96. The Morgan fingerprint density at radius 2 is 1.94 bits per heavy atom. The second kappa shape index (κ2) is 7.90. The predicted octanol–water partition coefficient (Wildman–Crippen LogP) is 5.41. The zero-order chi connectivity index (χ0) is 22.8. The fourth-order valence-corrected chi connectivity index (χ4v) is 9.06. The third-order valence-electron chi connectivity index (χ3n) is 10.8. The highest BCUT2D eigenvalue weighted by molar-refractivity contribution is 5.82. The average molecular weight is 450 g/mol. The fourth-order valence-electron chi connectivity index (χ4n) is 9.06. The monoisotopic (exact) mass is 449 g/mol. The van der Waals surface area contributed by atoms with Gasteiger partial charge in [-0.25, -0.2) is 0 Å². The minimum absolute atomic E-state index is 0.148. The van der Waals surface area contributed by atoms with E-state index in [1.54, 1.807) is 6.20 Å². The summed E-state index contributed by atoms with van der Waals surface area (Å²) in [6, 6.07) is 3.85. The summed E-state index contributed by atoms with van der Waals surface area (Å²) in [7, 11) is 0. The van der Waals surface area contributed by atoms with Crippen molar-refractivity contribution in [2.24, 2.45) is 40.9 Å². The van der Waals surface area contributed by atoms with Crippen molar-refractivity contribution in [2.75, 3.05) is 0 Å². The van der Waals surface area contributed by atoms with Crippen molar-refractivity contribution in [3.8, 4) is 0 Å². The number of carbonyl (C=O) groups is 1. The van der Waals surface area contributed by atoms with Crippen LogP contribution in [-0.4, -0.2) is 31.3 Å². The average Bonchev–Trinajstić information content (AvgIpc) is 3.38. The molecule has 4 saturated carbocycles. The highest BCUT2D eigenvalue weighted by Crippen LogP contribution is 2.64. The molecule has 178 valence electrons. The third-order valence-corrected chi connectivity index (χ3v) is 10.8. The van der Waals surface area contributed by atoms with E-state index in [1.807, 2.05) is 23.0 Å². The van der Waals surface area contributed by atoms with Gasteiger partial charge in [-0.05, 0) is 111 Å². The van der Waals surface area contributed by atoms with E-state index in [0.717, 1.165) is 60.4 Å². The van der Waals surface area contributed by atoms with Gasteiger partial charge in [-0.15, -0.1) is 0 Å². The Morgan fingerprint density at radius 1 is 1.09 bits per heavy atom. The molecule has 0 bridgehead atoms. The number of pyridine rings is 1. The van der Waals surface area contributed by atoms with Gasteiger partial charge >= 0.3 is 0 Å². The lowest BCUT2D eigenvalue weighted by Crippen LogP contribution is -2.51. The zero-order valence-corrected chi connectivity index (χ0v) is 20.2. The first-order valence-corrected chi connectivity index (χ1v) is 13.4. The lowest BCUT2D eigenvalue weighted by atomic mass is 9.48. The second-order valence-corrected chi connectivity index (χ2v) is 12.1. The van der Waals surface area contributed by atoms with E-state index in [1.165, 1.54) is 38.5 Å². The number of hydrogen-bond acceptors (Lipinski definition) is 4. The quantitative estimate of drug-likeness (QED) is 0.678. The van der Waals surface area contributed by atoms with Crippen molar-refractivity contribution in [3.05, 3.63) is 24.5 Å². The summed E-state index contributed by atoms with van der Waals surface area (Å²) < 4.78 is 1.81. The molecule has 0 amide bonds. The van der Waals surface area contributed by atoms with Gasteiger partial charge in [0.15, 0.2) is 5.78 Å². The molecule has 2 heterocycles. The second-order valence-electron chi connectivity index (χ2n) is 12.1. The Labute approximate surface area is 197 Å². The molecule has 8 atom stereocenters. The minimum Gasteiger partial charge on any atom is -0.390 e. The molecule has 5 heteroatoms. The van der Waals surface area contributed by atoms with Gasteiger partial charge < -0.3 is 5.11 Å². The van der Waals surface area contributed by atoms with Crippen molar-refractivity contribution >= 4 is 16.8 Å². The van der Waals surface area contributed by atoms with Crippen LogP contribution in [0.3, 0.4) is 0 Å². The standard InChI is InChI=1S/C28H39N3O2/c1-3-28(33)13-11-19-18(15-28)6-7-21-20(19)10-12-27(2)22(21)8-9-23(27)26(32)17-31-16-25-24(30-31)5-4-14-29-25/h4-5,14,16,18-23,33H,3,6-13,15,17H2,1-2H3/t18-,19+,20-,21-,22+,23-,27+,28-/m1/s1. The molecule has 0 unspecified atom stereocenters. The van der Waals surface area contributed by atoms with E-state index in [0.29, 0.717) is 18.2 Å². The molecule has 2 aromatic rings. The van der Waals surface area contributed by atoms with Crippen LogP contribution < -0.4 is 0 Å². The van der Waals surface area contributed by atoms with Crippen LogP contribution >= 0.6 is 0 Å². The first-order chi connectivity index (χ1) is 15.9. The number of fused-ring (bicyclic) bond motifs is 6. The van der Waals surface area contributed by atoms with Gasteiger partial charge in [0.1, 0.15) is 11.0 Å². The minimum atomic E-state index is -0.408. The van der Waals surface area contributed by atoms with E-state index in [2.05, 4.69) is 23.9 Å². The first kappa shape index (κ1) is 21.8. The number of aliphatic hydroxyl groups is 1. The summed E-state index contributed by atoms with van der Waals surface area (Å²) in [6.07, 6.45) is 15.1. The van der Waals surface area contributed by atoms with Crippen molar-refractivity contribution in [2.45, 2.75) is 90.2 Å². The smallest absolute Gasteiger partial charge is 0.157 e. The number of carbonyl (C=O) groups excluding carboxylic acids is 1. The van der Waals surface area contributed by atoms with E-state index in [4.69, 9.17) is 0 Å². The van der Waals surface area contributed by atoms with Gasteiger partial charge in [-0.1, -0.05) is 13.8 Å². The molecular formula is C28H39N3O2. The van der Waals surface area contributed by atoms with Gasteiger partial charge in [-0.2, -0.15) is 5.10 Å². The van der Waals surface area contributed by atoms with Crippen LogP contribution in [0.25, 0.3) is 11.0 Å². The molecule has 5 nitrogen and oxygen atoms in total. The molecule has 2 aromatic heterocycles. The molecule has 4 aliphatic carbocycles. The van der Waals surface area contributed by atoms with Crippen LogP contribution in [0.1, 0.15) is 78.1 Å². The normalized spacial score (nSPS) is 42.5. The van der Waals surface area contributed by atoms with Crippen LogP contribution in [0.2, 0.25) is 0 Å². The number of Topliss-reactive ketones (excluding diaryl/α,β-unsaturated/α-hetero) is 1. The van der Waals surface area contributed by atoms with E-state index >= 15 is 0 Å². The van der Waals surface area contributed by atoms with Gasteiger partial charge in [0.25, 0.3) is 0 Å². The molecule has 0 aromatic carbocycles. The number of rotatable bonds is 4. The topological polar surface area (TPSA) is 68.0 Å². The third kappa shape index (κ3) is 3.48. The zero-order valence-electron chi connectivity index (χ0n) is 20.2. The Bertz CT molecular complexity index is 1020. The lowest BCUT2D eigenvalue weighted by Gasteiger charge is -2.57. The van der Waals surface area contributed by atoms with Crippen LogP contribution in [0.5, 0.6) is 0 Å². The Morgan fingerprint density at radius 3 is 2.76 bits per heavy atom. The molecule has 0 aliphatic heterocycles. The molecule has 0 spiro atoms. The first-order valence-electron chi connectivity index (χ1n) is 13.4. The van der Waals surface area contributed by atoms with Crippen molar-refractivity contribution in [1.82, 2.24) is 14.8 Å². The van der Waals surface area contributed by atoms with E-state index < -0.39 is 5.60 Å². The maximum atomic E-state index is 13.5. The molecule has 33 heavy (non-hydrogen) atoms. The van der Waals surface area contributed by atoms with Gasteiger partial charge in [0.2, 0.25) is 0 Å². The Hall–Kier alpha value is -1.75. The summed E-state index contributed by atoms with van der Waals surface area (Å²) in [5.74, 6) is 4.35. The van der Waals surface area contributed by atoms with Gasteiger partial charge in [-0.3, -0.25) is 14.5 Å². The van der Waals surface area contributed by atoms with Crippen LogP contribution in [0.4, 0.5) is 0 Å². The molecule has 0 radical (unpaired) electrons. The number of aromatic nitrogens is 3. The molecule has 4 fully saturated rings. The maximum Gasteiger partial charge on any atom is 0.157 e. The lowest BCUT2D eigenvalue weighted by molar-refractivity contribution is -0.133. The van der Waals surface area contributed by atoms with Gasteiger partial charge in [0, 0.05) is 12.1 Å². The molecule has 4 aliphatic rings. The van der Waals surface area contributed by atoms with Crippen LogP contribution in [-0.2, 0) is 11.3 Å².